The number of hydrogen-bond acceptors (Lipinski definition) is 3. The molecule has 1 saturated carbocycles. The molecule has 3 N–H and O–H groups in total. The van der Waals surface area contributed by atoms with Crippen molar-refractivity contribution < 1.29 is 9.53 Å². The quantitative estimate of drug-likeness (QED) is 0.809. The Kier molecular flexibility index (Phi) is 3.65. The normalized spacial score (nSPS) is 16.9. The van der Waals surface area contributed by atoms with Gasteiger partial charge in [-0.2, -0.15) is 5.10 Å². The summed E-state index contributed by atoms with van der Waals surface area (Å²) in [7, 11) is 0. The number of carbonyl (C=O) groups is 1. The molecule has 1 aliphatic heterocycles. The summed E-state index contributed by atoms with van der Waals surface area (Å²) < 4.78 is 5.46. The molecule has 1 aromatic heterocycles. The van der Waals surface area contributed by atoms with Crippen LogP contribution >= 0.6 is 0 Å². The first kappa shape index (κ1) is 14.1. The van der Waals surface area contributed by atoms with Crippen molar-refractivity contribution in [2.45, 2.75) is 38.0 Å². The number of rotatable bonds is 3. The average molecular weight is 312 g/mol. The van der Waals surface area contributed by atoms with Crippen LogP contribution < -0.4 is 15.4 Å². The van der Waals surface area contributed by atoms with E-state index < -0.39 is 0 Å². The molecule has 2 aromatic rings. The van der Waals surface area contributed by atoms with Gasteiger partial charge in [0.15, 0.2) is 5.82 Å². The predicted molar refractivity (Wildman–Crippen MR) is 88.1 cm³/mol. The number of aromatic nitrogens is 2. The summed E-state index contributed by atoms with van der Waals surface area (Å²) in [6.45, 7) is 0.711. The van der Waals surface area contributed by atoms with Crippen molar-refractivity contribution in [2.75, 3.05) is 17.2 Å². The van der Waals surface area contributed by atoms with Crippen molar-refractivity contribution in [3.63, 3.8) is 0 Å². The van der Waals surface area contributed by atoms with E-state index in [1.165, 1.54) is 25.7 Å². The van der Waals surface area contributed by atoms with Crippen LogP contribution in [0.5, 0.6) is 5.75 Å². The number of amides is 2. The molecule has 1 fully saturated rings. The fourth-order valence-electron chi connectivity index (χ4n) is 3.39. The Morgan fingerprint density at radius 1 is 1.22 bits per heavy atom. The number of nitrogens with one attached hydrogen (secondary N) is 3. The zero-order valence-electron chi connectivity index (χ0n) is 12.9. The molecule has 2 aliphatic rings. The summed E-state index contributed by atoms with van der Waals surface area (Å²) in [5.74, 6) is 2.02. The maximum atomic E-state index is 12.1. The van der Waals surface area contributed by atoms with Gasteiger partial charge in [0.25, 0.3) is 0 Å². The maximum Gasteiger partial charge on any atom is 0.324 e. The number of H-pyrrole nitrogens is 1. The number of anilines is 2. The van der Waals surface area contributed by atoms with Crippen molar-refractivity contribution in [3.05, 3.63) is 35.5 Å². The molecule has 0 saturated heterocycles. The van der Waals surface area contributed by atoms with Gasteiger partial charge in [-0.25, -0.2) is 4.79 Å². The lowest BCUT2D eigenvalue weighted by atomic mass is 10.0. The molecule has 6 heteroatoms. The number of benzene rings is 1. The first-order valence-corrected chi connectivity index (χ1v) is 8.17. The first-order valence-electron chi connectivity index (χ1n) is 8.17. The van der Waals surface area contributed by atoms with Crippen LogP contribution in [0.3, 0.4) is 0 Å². The number of ether oxygens (including phenoxy) is 1. The lowest BCUT2D eigenvalue weighted by Gasteiger charge is -2.07. The third-order valence-electron chi connectivity index (χ3n) is 4.58. The number of nitrogens with zero attached hydrogens (tertiary/aromatic N) is 1. The van der Waals surface area contributed by atoms with Crippen LogP contribution in [0.2, 0.25) is 0 Å². The van der Waals surface area contributed by atoms with Crippen LogP contribution in [0.4, 0.5) is 16.3 Å². The lowest BCUT2D eigenvalue weighted by molar-refractivity contribution is 0.262. The molecule has 0 unspecified atom stereocenters. The largest absolute Gasteiger partial charge is 0.493 e. The van der Waals surface area contributed by atoms with Gasteiger partial charge in [0, 0.05) is 29.8 Å². The van der Waals surface area contributed by atoms with Gasteiger partial charge in [0.2, 0.25) is 0 Å². The average Bonchev–Trinajstić information content (AvgIpc) is 3.27. The van der Waals surface area contributed by atoms with Gasteiger partial charge in [-0.15, -0.1) is 0 Å². The van der Waals surface area contributed by atoms with Gasteiger partial charge in [0.1, 0.15) is 5.75 Å². The minimum atomic E-state index is -0.284. The summed E-state index contributed by atoms with van der Waals surface area (Å²) in [6.07, 6.45) is 5.83. The van der Waals surface area contributed by atoms with Gasteiger partial charge >= 0.3 is 6.03 Å². The molecule has 23 heavy (non-hydrogen) atoms. The lowest BCUT2D eigenvalue weighted by Crippen LogP contribution is -2.19. The SMILES string of the molecule is O=C(Nc1ccc2c(c1)CCO2)Nc1cc(C2CCCC2)[nH]n1. The molecule has 6 nitrogen and oxygen atoms in total. The summed E-state index contributed by atoms with van der Waals surface area (Å²) in [6, 6.07) is 7.35. The number of fused-ring (bicyclic) bond motifs is 1. The van der Waals surface area contributed by atoms with E-state index in [-0.39, 0.29) is 6.03 Å². The Bertz CT molecular complexity index is 719. The highest BCUT2D eigenvalue weighted by Gasteiger charge is 2.19. The first-order chi connectivity index (χ1) is 11.3. The summed E-state index contributed by atoms with van der Waals surface area (Å²) in [5.41, 5.74) is 3.01. The predicted octanol–water partition coefficient (Wildman–Crippen LogP) is 3.65. The number of carbonyl (C=O) groups excluding carboxylic acids is 1. The second-order valence-electron chi connectivity index (χ2n) is 6.19. The van der Waals surface area contributed by atoms with Crippen molar-refractivity contribution >= 4 is 17.5 Å². The molecule has 2 heterocycles. The monoisotopic (exact) mass is 312 g/mol. The Balaban J connectivity index is 1.38. The Morgan fingerprint density at radius 3 is 2.96 bits per heavy atom. The van der Waals surface area contributed by atoms with E-state index in [2.05, 4.69) is 20.8 Å². The van der Waals surface area contributed by atoms with Gasteiger partial charge in [-0.05, 0) is 36.6 Å². The topological polar surface area (TPSA) is 79.0 Å². The van der Waals surface area contributed by atoms with Gasteiger partial charge in [-0.1, -0.05) is 12.8 Å². The highest BCUT2D eigenvalue weighted by atomic mass is 16.5. The van der Waals surface area contributed by atoms with Crippen LogP contribution in [-0.2, 0) is 6.42 Å². The van der Waals surface area contributed by atoms with E-state index in [1.54, 1.807) is 0 Å². The van der Waals surface area contributed by atoms with E-state index in [9.17, 15) is 4.79 Å². The highest BCUT2D eigenvalue weighted by molar-refractivity contribution is 5.99. The van der Waals surface area contributed by atoms with Crippen LogP contribution in [0.15, 0.2) is 24.3 Å². The van der Waals surface area contributed by atoms with Gasteiger partial charge < -0.3 is 10.1 Å². The Hall–Kier alpha value is -2.50. The zero-order valence-corrected chi connectivity index (χ0v) is 12.9. The third-order valence-corrected chi connectivity index (χ3v) is 4.58. The molecule has 0 atom stereocenters. The summed E-state index contributed by atoms with van der Waals surface area (Å²) in [4.78, 5) is 12.1. The number of aromatic amines is 1. The molecule has 2 amide bonds. The summed E-state index contributed by atoms with van der Waals surface area (Å²) >= 11 is 0. The van der Waals surface area contributed by atoms with E-state index >= 15 is 0 Å². The molecule has 1 aromatic carbocycles. The summed E-state index contributed by atoms with van der Waals surface area (Å²) in [5, 5.41) is 12.8. The van der Waals surface area contributed by atoms with Crippen LogP contribution in [0.1, 0.15) is 42.9 Å². The second kappa shape index (κ2) is 5.95. The standard InChI is InChI=1S/C17H20N4O2/c22-17(18-13-5-6-15-12(9-13)7-8-23-15)19-16-10-14(20-21-16)11-3-1-2-4-11/h5-6,9-11H,1-4,7-8H2,(H3,18,19,20,21,22). The molecular weight excluding hydrogens is 292 g/mol. The van der Waals surface area contributed by atoms with E-state index in [4.69, 9.17) is 4.74 Å². The van der Waals surface area contributed by atoms with E-state index in [0.717, 1.165) is 29.1 Å². The molecule has 4 rings (SSSR count). The van der Waals surface area contributed by atoms with Crippen LogP contribution in [0, 0.1) is 0 Å². The van der Waals surface area contributed by atoms with Crippen molar-refractivity contribution in [3.8, 4) is 5.75 Å². The molecule has 120 valence electrons. The fourth-order valence-corrected chi connectivity index (χ4v) is 3.39. The Labute approximate surface area is 134 Å². The minimum absolute atomic E-state index is 0.284. The van der Waals surface area contributed by atoms with E-state index in [0.29, 0.717) is 18.3 Å². The molecular formula is C17H20N4O2. The fraction of sp³-hybridized carbons (Fsp3) is 0.412. The van der Waals surface area contributed by atoms with Crippen molar-refractivity contribution in [2.24, 2.45) is 0 Å². The van der Waals surface area contributed by atoms with Gasteiger partial charge in [0.05, 0.1) is 6.61 Å². The van der Waals surface area contributed by atoms with Gasteiger partial charge in [-0.3, -0.25) is 10.4 Å². The number of hydrogen-bond donors (Lipinski definition) is 3. The smallest absolute Gasteiger partial charge is 0.324 e. The van der Waals surface area contributed by atoms with Crippen LogP contribution in [-0.4, -0.2) is 22.8 Å². The third kappa shape index (κ3) is 3.02. The van der Waals surface area contributed by atoms with E-state index in [1.807, 2.05) is 24.3 Å². The molecule has 0 bridgehead atoms. The van der Waals surface area contributed by atoms with Crippen LogP contribution in [0.25, 0.3) is 0 Å². The molecule has 0 spiro atoms. The number of urea groups is 1. The minimum Gasteiger partial charge on any atom is -0.493 e. The van der Waals surface area contributed by atoms with Crippen molar-refractivity contribution in [1.82, 2.24) is 10.2 Å². The maximum absolute atomic E-state index is 12.1. The Morgan fingerprint density at radius 2 is 2.09 bits per heavy atom. The zero-order chi connectivity index (χ0) is 15.6. The molecule has 1 aliphatic carbocycles. The molecule has 0 radical (unpaired) electrons. The second-order valence-corrected chi connectivity index (χ2v) is 6.19. The highest BCUT2D eigenvalue weighted by Crippen LogP contribution is 2.33. The van der Waals surface area contributed by atoms with Crippen molar-refractivity contribution in [1.29, 1.82) is 0 Å².